The van der Waals surface area contributed by atoms with E-state index in [-0.39, 0.29) is 24.3 Å². The number of rotatable bonds is 6. The van der Waals surface area contributed by atoms with Crippen LogP contribution in [0.25, 0.3) is 5.78 Å². The van der Waals surface area contributed by atoms with Crippen LogP contribution in [0.1, 0.15) is 60.2 Å². The maximum Gasteiger partial charge on any atom is 0.435 e. The maximum atomic E-state index is 13.0. The van der Waals surface area contributed by atoms with E-state index >= 15 is 0 Å². The Morgan fingerprint density at radius 3 is 2.82 bits per heavy atom. The SMILES string of the molecule is CC(CCNC(=O)c1nc2ncccn2n1)n1nc(C(F)(F)F)cc1C1CC1. The summed E-state index contributed by atoms with van der Waals surface area (Å²) in [5.74, 6) is -0.0262. The first kappa shape index (κ1) is 18.4. The van der Waals surface area contributed by atoms with Crippen molar-refractivity contribution in [3.05, 3.63) is 41.7 Å². The first-order chi connectivity index (χ1) is 13.3. The third-order valence-corrected chi connectivity index (χ3v) is 4.64. The largest absolute Gasteiger partial charge is 0.435 e. The molecule has 3 aromatic rings. The lowest BCUT2D eigenvalue weighted by Crippen LogP contribution is -2.27. The van der Waals surface area contributed by atoms with E-state index in [9.17, 15) is 18.0 Å². The van der Waals surface area contributed by atoms with Crippen LogP contribution >= 0.6 is 0 Å². The highest BCUT2D eigenvalue weighted by atomic mass is 19.4. The van der Waals surface area contributed by atoms with E-state index in [1.54, 1.807) is 25.4 Å². The van der Waals surface area contributed by atoms with Crippen molar-refractivity contribution in [3.8, 4) is 0 Å². The molecule has 0 radical (unpaired) electrons. The third-order valence-electron chi connectivity index (χ3n) is 4.64. The predicted octanol–water partition coefficient (Wildman–Crippen LogP) is 2.60. The summed E-state index contributed by atoms with van der Waals surface area (Å²) in [4.78, 5) is 20.2. The number of nitrogens with zero attached hydrogens (tertiary/aromatic N) is 6. The first-order valence-electron chi connectivity index (χ1n) is 8.95. The summed E-state index contributed by atoms with van der Waals surface area (Å²) in [6.45, 7) is 2.05. The van der Waals surface area contributed by atoms with Gasteiger partial charge in [-0.1, -0.05) is 0 Å². The molecule has 3 aromatic heterocycles. The number of aromatic nitrogens is 6. The molecular weight excluding hydrogens is 375 g/mol. The fourth-order valence-corrected chi connectivity index (χ4v) is 3.01. The van der Waals surface area contributed by atoms with Gasteiger partial charge in [0.2, 0.25) is 5.82 Å². The van der Waals surface area contributed by atoms with Crippen molar-refractivity contribution in [1.82, 2.24) is 34.7 Å². The molecule has 1 fully saturated rings. The van der Waals surface area contributed by atoms with Crippen LogP contribution in [0.5, 0.6) is 0 Å². The van der Waals surface area contributed by atoms with Crippen molar-refractivity contribution in [2.45, 2.75) is 44.3 Å². The zero-order valence-electron chi connectivity index (χ0n) is 15.0. The van der Waals surface area contributed by atoms with Gasteiger partial charge in [0.25, 0.3) is 11.7 Å². The second-order valence-electron chi connectivity index (χ2n) is 6.86. The monoisotopic (exact) mass is 393 g/mol. The number of halogens is 3. The Bertz CT molecular complexity index is 973. The van der Waals surface area contributed by atoms with Gasteiger partial charge in [-0.15, -0.1) is 5.10 Å². The summed E-state index contributed by atoms with van der Waals surface area (Å²) in [6.07, 6.45) is 0.884. The minimum Gasteiger partial charge on any atom is -0.349 e. The van der Waals surface area contributed by atoms with Gasteiger partial charge in [0.15, 0.2) is 5.69 Å². The number of alkyl halides is 3. The van der Waals surface area contributed by atoms with Crippen LogP contribution in [0, 0.1) is 0 Å². The molecule has 0 spiro atoms. The lowest BCUT2D eigenvalue weighted by atomic mass is 10.2. The van der Waals surface area contributed by atoms with E-state index in [4.69, 9.17) is 0 Å². The molecule has 4 rings (SSSR count). The molecule has 1 aliphatic rings. The summed E-state index contributed by atoms with van der Waals surface area (Å²) in [5, 5.41) is 10.5. The van der Waals surface area contributed by atoms with Crippen molar-refractivity contribution in [2.75, 3.05) is 6.54 Å². The standard InChI is InChI=1S/C17H18F3N7O/c1-10(27-12(11-3-4-11)9-13(24-27)17(18,19)20)5-7-21-15(28)14-23-16-22-6-2-8-26(16)25-14/h2,6,8-11H,3-5,7H2,1H3,(H,21,28). The van der Waals surface area contributed by atoms with E-state index in [2.05, 4.69) is 25.5 Å². The molecule has 0 aromatic carbocycles. The molecule has 0 saturated heterocycles. The minimum atomic E-state index is -4.47. The Morgan fingerprint density at radius 2 is 2.14 bits per heavy atom. The molecule has 148 valence electrons. The van der Waals surface area contributed by atoms with Crippen LogP contribution in [-0.4, -0.2) is 41.8 Å². The molecule has 1 amide bonds. The quantitative estimate of drug-likeness (QED) is 0.695. The van der Waals surface area contributed by atoms with Crippen molar-refractivity contribution in [3.63, 3.8) is 0 Å². The summed E-state index contributed by atoms with van der Waals surface area (Å²) in [6, 6.07) is 2.52. The fourth-order valence-electron chi connectivity index (χ4n) is 3.01. The van der Waals surface area contributed by atoms with Gasteiger partial charge in [0.05, 0.1) is 6.04 Å². The summed E-state index contributed by atoms with van der Waals surface area (Å²) in [7, 11) is 0. The first-order valence-corrected chi connectivity index (χ1v) is 8.95. The van der Waals surface area contributed by atoms with E-state index < -0.39 is 17.8 Å². The average Bonchev–Trinajstić information content (AvgIpc) is 3.23. The predicted molar refractivity (Wildman–Crippen MR) is 91.6 cm³/mol. The van der Waals surface area contributed by atoms with Crippen LogP contribution in [0.15, 0.2) is 24.5 Å². The van der Waals surface area contributed by atoms with Gasteiger partial charge in [-0.05, 0) is 38.3 Å². The van der Waals surface area contributed by atoms with Crippen molar-refractivity contribution in [2.24, 2.45) is 0 Å². The van der Waals surface area contributed by atoms with Crippen molar-refractivity contribution < 1.29 is 18.0 Å². The Labute approximate surface area is 157 Å². The van der Waals surface area contributed by atoms with Crippen LogP contribution in [0.3, 0.4) is 0 Å². The lowest BCUT2D eigenvalue weighted by Gasteiger charge is -2.15. The summed E-state index contributed by atoms with van der Waals surface area (Å²) >= 11 is 0. The topological polar surface area (TPSA) is 90.0 Å². The molecular formula is C17H18F3N7O. The van der Waals surface area contributed by atoms with Gasteiger partial charge in [-0.3, -0.25) is 9.48 Å². The molecule has 3 heterocycles. The molecule has 1 N–H and O–H groups in total. The number of hydrogen-bond acceptors (Lipinski definition) is 5. The Hall–Kier alpha value is -2.98. The normalized spacial score (nSPS) is 15.7. The van der Waals surface area contributed by atoms with E-state index in [0.717, 1.165) is 18.9 Å². The molecule has 8 nitrogen and oxygen atoms in total. The van der Waals surface area contributed by atoms with E-state index in [1.165, 1.54) is 9.20 Å². The molecule has 1 saturated carbocycles. The maximum absolute atomic E-state index is 13.0. The number of carbonyl (C=O) groups is 1. The molecule has 0 bridgehead atoms. The van der Waals surface area contributed by atoms with Gasteiger partial charge < -0.3 is 5.32 Å². The highest BCUT2D eigenvalue weighted by molar-refractivity contribution is 5.90. The lowest BCUT2D eigenvalue weighted by molar-refractivity contribution is -0.141. The zero-order chi connectivity index (χ0) is 19.9. The van der Waals surface area contributed by atoms with Crippen LogP contribution in [-0.2, 0) is 6.18 Å². The molecule has 1 unspecified atom stereocenters. The number of carbonyl (C=O) groups excluding carboxylic acids is 1. The third kappa shape index (κ3) is 3.69. The number of nitrogens with one attached hydrogen (secondary N) is 1. The molecule has 1 aliphatic carbocycles. The highest BCUT2D eigenvalue weighted by Gasteiger charge is 2.38. The molecule has 1 atom stereocenters. The van der Waals surface area contributed by atoms with E-state index in [0.29, 0.717) is 17.9 Å². The molecule has 0 aliphatic heterocycles. The van der Waals surface area contributed by atoms with Gasteiger partial charge in [0, 0.05) is 30.6 Å². The van der Waals surface area contributed by atoms with Crippen molar-refractivity contribution >= 4 is 11.7 Å². The summed E-state index contributed by atoms with van der Waals surface area (Å²) < 4.78 is 41.9. The van der Waals surface area contributed by atoms with Gasteiger partial charge in [0.1, 0.15) is 0 Å². The fraction of sp³-hybridized carbons (Fsp3) is 0.471. The molecule has 28 heavy (non-hydrogen) atoms. The summed E-state index contributed by atoms with van der Waals surface area (Å²) in [5.41, 5.74) is -0.258. The second-order valence-corrected chi connectivity index (χ2v) is 6.86. The second kappa shape index (κ2) is 6.88. The van der Waals surface area contributed by atoms with Crippen LogP contribution in [0.4, 0.5) is 13.2 Å². The Kier molecular flexibility index (Phi) is 4.52. The van der Waals surface area contributed by atoms with Gasteiger partial charge in [-0.2, -0.15) is 23.3 Å². The van der Waals surface area contributed by atoms with Gasteiger partial charge >= 0.3 is 6.18 Å². The Balaban J connectivity index is 1.39. The number of fused-ring (bicyclic) bond motifs is 1. The number of amides is 1. The number of hydrogen-bond donors (Lipinski definition) is 1. The average molecular weight is 393 g/mol. The zero-order valence-corrected chi connectivity index (χ0v) is 15.0. The minimum absolute atomic E-state index is 0.0107. The molecule has 11 heteroatoms. The van der Waals surface area contributed by atoms with Crippen LogP contribution < -0.4 is 5.32 Å². The highest BCUT2D eigenvalue weighted by Crippen LogP contribution is 2.43. The Morgan fingerprint density at radius 1 is 1.36 bits per heavy atom. The smallest absolute Gasteiger partial charge is 0.349 e. The van der Waals surface area contributed by atoms with Gasteiger partial charge in [-0.25, -0.2) is 9.50 Å². The van der Waals surface area contributed by atoms with E-state index in [1.807, 2.05) is 0 Å². The van der Waals surface area contributed by atoms with Crippen LogP contribution in [0.2, 0.25) is 0 Å². The van der Waals surface area contributed by atoms with Crippen molar-refractivity contribution in [1.29, 1.82) is 0 Å².